The zero-order chi connectivity index (χ0) is 12.3. The highest BCUT2D eigenvalue weighted by Gasteiger charge is 2.33. The van der Waals surface area contributed by atoms with E-state index in [2.05, 4.69) is 19.2 Å². The summed E-state index contributed by atoms with van der Waals surface area (Å²) in [6.07, 6.45) is 2.27. The standard InChI is InChI=1S/C14H20ClNO/c1-3-8-14(2)10-16-9-13(17-14)11-6-4-5-7-12(11)15/h4-7,13,16H,3,8-10H2,1-2H3. The van der Waals surface area contributed by atoms with Crippen molar-refractivity contribution in [3.63, 3.8) is 0 Å². The number of benzene rings is 1. The second-order valence-electron chi connectivity index (χ2n) is 4.96. The lowest BCUT2D eigenvalue weighted by molar-refractivity contribution is -0.112. The first-order valence-electron chi connectivity index (χ1n) is 6.27. The summed E-state index contributed by atoms with van der Waals surface area (Å²) in [6, 6.07) is 7.93. The van der Waals surface area contributed by atoms with Crippen molar-refractivity contribution >= 4 is 11.6 Å². The van der Waals surface area contributed by atoms with Gasteiger partial charge in [0.05, 0.1) is 11.7 Å². The molecular formula is C14H20ClNO. The van der Waals surface area contributed by atoms with Crippen LogP contribution >= 0.6 is 11.6 Å². The molecule has 0 spiro atoms. The second kappa shape index (κ2) is 5.38. The van der Waals surface area contributed by atoms with Crippen molar-refractivity contribution in [2.75, 3.05) is 13.1 Å². The molecule has 94 valence electrons. The molecule has 1 fully saturated rings. The van der Waals surface area contributed by atoms with Gasteiger partial charge in [-0.2, -0.15) is 0 Å². The van der Waals surface area contributed by atoms with Crippen molar-refractivity contribution in [2.24, 2.45) is 0 Å². The minimum atomic E-state index is -0.0726. The number of ether oxygens (including phenoxy) is 1. The highest BCUT2D eigenvalue weighted by Crippen LogP contribution is 2.33. The molecule has 2 nitrogen and oxygen atoms in total. The molecule has 1 aromatic carbocycles. The Morgan fingerprint density at radius 1 is 1.47 bits per heavy atom. The molecule has 1 aromatic rings. The van der Waals surface area contributed by atoms with Gasteiger partial charge in [-0.1, -0.05) is 43.1 Å². The Kier molecular flexibility index (Phi) is 4.08. The van der Waals surface area contributed by atoms with Crippen LogP contribution in [0.5, 0.6) is 0 Å². The summed E-state index contributed by atoms with van der Waals surface area (Å²) in [5.41, 5.74) is 1.01. The van der Waals surface area contributed by atoms with E-state index in [0.29, 0.717) is 0 Å². The van der Waals surface area contributed by atoms with E-state index >= 15 is 0 Å². The van der Waals surface area contributed by atoms with Crippen LogP contribution in [0.3, 0.4) is 0 Å². The molecule has 1 saturated heterocycles. The topological polar surface area (TPSA) is 21.3 Å². The Morgan fingerprint density at radius 3 is 2.94 bits per heavy atom. The molecule has 0 bridgehead atoms. The van der Waals surface area contributed by atoms with E-state index in [9.17, 15) is 0 Å². The van der Waals surface area contributed by atoms with Crippen LogP contribution in [0.15, 0.2) is 24.3 Å². The number of morpholine rings is 1. The maximum absolute atomic E-state index is 6.23. The highest BCUT2D eigenvalue weighted by molar-refractivity contribution is 6.31. The molecule has 0 aliphatic carbocycles. The smallest absolute Gasteiger partial charge is 0.0971 e. The van der Waals surface area contributed by atoms with Crippen LogP contribution in [-0.4, -0.2) is 18.7 Å². The van der Waals surface area contributed by atoms with Gasteiger partial charge in [-0.25, -0.2) is 0 Å². The van der Waals surface area contributed by atoms with Gasteiger partial charge in [0.25, 0.3) is 0 Å². The molecule has 0 amide bonds. The first-order valence-corrected chi connectivity index (χ1v) is 6.65. The fraction of sp³-hybridized carbons (Fsp3) is 0.571. The molecule has 1 aliphatic heterocycles. The molecule has 3 heteroatoms. The summed E-state index contributed by atoms with van der Waals surface area (Å²) in [5.74, 6) is 0. The third-order valence-electron chi connectivity index (χ3n) is 3.29. The molecule has 1 heterocycles. The van der Waals surface area contributed by atoms with E-state index in [1.807, 2.05) is 24.3 Å². The van der Waals surface area contributed by atoms with Crippen molar-refractivity contribution in [1.29, 1.82) is 0 Å². The average Bonchev–Trinajstić information content (AvgIpc) is 2.29. The van der Waals surface area contributed by atoms with Crippen LogP contribution in [0.25, 0.3) is 0 Å². The molecule has 2 unspecified atom stereocenters. The fourth-order valence-corrected chi connectivity index (χ4v) is 2.74. The molecule has 2 rings (SSSR count). The maximum atomic E-state index is 6.23. The van der Waals surface area contributed by atoms with E-state index in [0.717, 1.165) is 36.5 Å². The Bertz CT molecular complexity index is 378. The number of halogens is 1. The zero-order valence-electron chi connectivity index (χ0n) is 10.5. The Balaban J connectivity index is 2.15. The Morgan fingerprint density at radius 2 is 2.24 bits per heavy atom. The van der Waals surface area contributed by atoms with Crippen LogP contribution in [-0.2, 0) is 4.74 Å². The van der Waals surface area contributed by atoms with Crippen LogP contribution in [0.4, 0.5) is 0 Å². The van der Waals surface area contributed by atoms with Crippen molar-refractivity contribution in [1.82, 2.24) is 5.32 Å². The van der Waals surface area contributed by atoms with Gasteiger partial charge in [0.15, 0.2) is 0 Å². The number of hydrogen-bond acceptors (Lipinski definition) is 2. The lowest BCUT2D eigenvalue weighted by Gasteiger charge is -2.39. The molecule has 0 aromatic heterocycles. The molecular weight excluding hydrogens is 234 g/mol. The van der Waals surface area contributed by atoms with Crippen LogP contribution < -0.4 is 5.32 Å². The van der Waals surface area contributed by atoms with E-state index < -0.39 is 0 Å². The first-order chi connectivity index (χ1) is 8.14. The van der Waals surface area contributed by atoms with Crippen LogP contribution in [0.2, 0.25) is 5.02 Å². The summed E-state index contributed by atoms with van der Waals surface area (Å²) < 4.78 is 6.23. The van der Waals surface area contributed by atoms with E-state index in [-0.39, 0.29) is 11.7 Å². The molecule has 0 saturated carbocycles. The minimum absolute atomic E-state index is 0.0639. The van der Waals surface area contributed by atoms with Gasteiger partial charge in [0, 0.05) is 23.7 Å². The van der Waals surface area contributed by atoms with Gasteiger partial charge < -0.3 is 10.1 Å². The second-order valence-corrected chi connectivity index (χ2v) is 5.37. The van der Waals surface area contributed by atoms with Crippen molar-refractivity contribution in [3.05, 3.63) is 34.9 Å². The largest absolute Gasteiger partial charge is 0.365 e. The van der Waals surface area contributed by atoms with Crippen LogP contribution in [0, 0.1) is 0 Å². The molecule has 1 N–H and O–H groups in total. The molecule has 0 radical (unpaired) electrons. The molecule has 1 aliphatic rings. The van der Waals surface area contributed by atoms with Gasteiger partial charge in [-0.05, 0) is 19.4 Å². The third-order valence-corrected chi connectivity index (χ3v) is 3.63. The molecule has 2 atom stereocenters. The highest BCUT2D eigenvalue weighted by atomic mass is 35.5. The summed E-state index contributed by atoms with van der Waals surface area (Å²) >= 11 is 6.22. The van der Waals surface area contributed by atoms with Crippen LogP contribution in [0.1, 0.15) is 38.4 Å². The van der Waals surface area contributed by atoms with E-state index in [1.165, 1.54) is 0 Å². The molecule has 17 heavy (non-hydrogen) atoms. The lowest BCUT2D eigenvalue weighted by Crippen LogP contribution is -2.48. The van der Waals surface area contributed by atoms with E-state index in [1.54, 1.807) is 0 Å². The minimum Gasteiger partial charge on any atom is -0.365 e. The number of hydrogen-bond donors (Lipinski definition) is 1. The van der Waals surface area contributed by atoms with Crippen molar-refractivity contribution in [3.8, 4) is 0 Å². The average molecular weight is 254 g/mol. The number of rotatable bonds is 3. The van der Waals surface area contributed by atoms with E-state index in [4.69, 9.17) is 16.3 Å². The maximum Gasteiger partial charge on any atom is 0.0971 e. The summed E-state index contributed by atoms with van der Waals surface area (Å²) in [6.45, 7) is 6.12. The fourth-order valence-electron chi connectivity index (χ4n) is 2.48. The monoisotopic (exact) mass is 253 g/mol. The SMILES string of the molecule is CCCC1(C)CNCC(c2ccccc2Cl)O1. The van der Waals surface area contributed by atoms with Gasteiger partial charge in [-0.15, -0.1) is 0 Å². The Labute approximate surface area is 108 Å². The third kappa shape index (κ3) is 3.01. The van der Waals surface area contributed by atoms with Crippen molar-refractivity contribution in [2.45, 2.75) is 38.4 Å². The van der Waals surface area contributed by atoms with Gasteiger partial charge >= 0.3 is 0 Å². The van der Waals surface area contributed by atoms with Gasteiger partial charge in [0.2, 0.25) is 0 Å². The summed E-state index contributed by atoms with van der Waals surface area (Å²) in [5, 5.41) is 4.24. The zero-order valence-corrected chi connectivity index (χ0v) is 11.3. The van der Waals surface area contributed by atoms with Gasteiger partial charge in [0.1, 0.15) is 0 Å². The first kappa shape index (κ1) is 12.9. The van der Waals surface area contributed by atoms with Crippen molar-refractivity contribution < 1.29 is 4.74 Å². The number of nitrogens with one attached hydrogen (secondary N) is 1. The predicted molar refractivity (Wildman–Crippen MR) is 71.5 cm³/mol. The normalized spacial score (nSPS) is 29.2. The summed E-state index contributed by atoms with van der Waals surface area (Å²) in [4.78, 5) is 0. The summed E-state index contributed by atoms with van der Waals surface area (Å²) in [7, 11) is 0. The predicted octanol–water partition coefficient (Wildman–Crippen LogP) is 3.56. The quantitative estimate of drug-likeness (QED) is 0.889. The lowest BCUT2D eigenvalue weighted by atomic mass is 9.96. The Hall–Kier alpha value is -0.570. The van der Waals surface area contributed by atoms with Gasteiger partial charge in [-0.3, -0.25) is 0 Å².